The van der Waals surface area contributed by atoms with E-state index in [1.807, 2.05) is 0 Å². The summed E-state index contributed by atoms with van der Waals surface area (Å²) >= 11 is 0. The zero-order chi connectivity index (χ0) is 6.85. The summed E-state index contributed by atoms with van der Waals surface area (Å²) in [5.41, 5.74) is -0.644. The van der Waals surface area contributed by atoms with E-state index in [0.29, 0.717) is 0 Å². The molecule has 0 unspecified atom stereocenters. The van der Waals surface area contributed by atoms with Crippen LogP contribution in [0.5, 0.6) is 5.88 Å². The van der Waals surface area contributed by atoms with Gasteiger partial charge in [-0.2, -0.15) is 0 Å². The van der Waals surface area contributed by atoms with E-state index < -0.39 is 11.4 Å². The number of pyridine rings is 1. The number of hydrogen-bond donors (Lipinski definition) is 2. The minimum Gasteiger partial charge on any atom is -0.492 e. The average Bonchev–Trinajstić information content (AvgIpc) is 1.83. The van der Waals surface area contributed by atoms with Gasteiger partial charge in [-0.05, 0) is 0 Å². The molecular weight excluding hydrogens is 122 g/mol. The molecule has 4 heteroatoms. The van der Waals surface area contributed by atoms with Crippen LogP contribution in [0.1, 0.15) is 0 Å². The van der Waals surface area contributed by atoms with Gasteiger partial charge in [0.05, 0.1) is 0 Å². The lowest BCUT2D eigenvalue weighted by molar-refractivity contribution is 0.143. The van der Waals surface area contributed by atoms with E-state index in [2.05, 4.69) is 0 Å². The van der Waals surface area contributed by atoms with Gasteiger partial charge in [-0.1, -0.05) is 6.07 Å². The second-order valence-electron chi connectivity index (χ2n) is 1.53. The highest BCUT2D eigenvalue weighted by Crippen LogP contribution is 1.98. The Morgan fingerprint density at radius 3 is 2.56 bits per heavy atom. The van der Waals surface area contributed by atoms with Crippen LogP contribution in [0.2, 0.25) is 0 Å². The van der Waals surface area contributed by atoms with Crippen molar-refractivity contribution < 1.29 is 10.3 Å². The maximum absolute atomic E-state index is 10.4. The van der Waals surface area contributed by atoms with Gasteiger partial charge in [0.1, 0.15) is 0 Å². The normalized spacial score (nSPS) is 9.33. The molecule has 0 saturated carbocycles. The number of rotatable bonds is 0. The molecule has 9 heavy (non-hydrogen) atoms. The predicted octanol–water partition coefficient (Wildman–Crippen LogP) is -0.209. The van der Waals surface area contributed by atoms with Crippen LogP contribution >= 0.6 is 0 Å². The highest BCUT2D eigenvalue weighted by molar-refractivity contribution is 5.08. The van der Waals surface area contributed by atoms with Crippen molar-refractivity contribution in [1.29, 1.82) is 0 Å². The fourth-order valence-electron chi connectivity index (χ4n) is 0.471. The number of hydrogen-bond acceptors (Lipinski definition) is 3. The number of aromatic hydroxyl groups is 1. The van der Waals surface area contributed by atoms with Crippen LogP contribution in [-0.4, -0.2) is 15.0 Å². The van der Waals surface area contributed by atoms with Gasteiger partial charge in [0.2, 0.25) is 5.88 Å². The molecule has 0 spiro atoms. The fraction of sp³-hybridized carbons (Fsp3) is 0. The van der Waals surface area contributed by atoms with Crippen LogP contribution in [0.3, 0.4) is 0 Å². The van der Waals surface area contributed by atoms with E-state index >= 15 is 0 Å². The number of aromatic nitrogens is 1. The van der Waals surface area contributed by atoms with Crippen LogP contribution in [0.4, 0.5) is 0 Å². The third-order valence-corrected chi connectivity index (χ3v) is 0.910. The molecule has 0 aliphatic carbocycles. The van der Waals surface area contributed by atoms with Gasteiger partial charge < -0.3 is 10.3 Å². The summed E-state index contributed by atoms with van der Waals surface area (Å²) in [5.74, 6) is -0.456. The highest BCUT2D eigenvalue weighted by atomic mass is 16.5. The smallest absolute Gasteiger partial charge is 0.286 e. The van der Waals surface area contributed by atoms with Crippen molar-refractivity contribution in [3.05, 3.63) is 28.6 Å². The van der Waals surface area contributed by atoms with Crippen molar-refractivity contribution in [2.75, 3.05) is 0 Å². The van der Waals surface area contributed by atoms with Crippen molar-refractivity contribution in [2.45, 2.75) is 0 Å². The highest BCUT2D eigenvalue weighted by Gasteiger charge is 1.94. The van der Waals surface area contributed by atoms with Gasteiger partial charge in [-0.3, -0.25) is 4.79 Å². The van der Waals surface area contributed by atoms with Gasteiger partial charge in [-0.15, -0.1) is 4.73 Å². The molecule has 0 atom stereocenters. The van der Waals surface area contributed by atoms with Crippen molar-refractivity contribution in [1.82, 2.24) is 4.73 Å². The lowest BCUT2D eigenvalue weighted by Crippen LogP contribution is -2.14. The maximum Gasteiger partial charge on any atom is 0.286 e. The van der Waals surface area contributed by atoms with Gasteiger partial charge in [0, 0.05) is 12.1 Å². The Bertz CT molecular complexity index is 265. The van der Waals surface area contributed by atoms with Crippen molar-refractivity contribution in [2.24, 2.45) is 0 Å². The Morgan fingerprint density at radius 1 is 1.44 bits per heavy atom. The lowest BCUT2D eigenvalue weighted by Gasteiger charge is -1.94. The summed E-state index contributed by atoms with van der Waals surface area (Å²) in [4.78, 5) is 10.4. The first kappa shape index (κ1) is 5.68. The fourth-order valence-corrected chi connectivity index (χ4v) is 0.471. The molecule has 4 nitrogen and oxygen atoms in total. The largest absolute Gasteiger partial charge is 0.492 e. The van der Waals surface area contributed by atoms with Crippen LogP contribution in [0.25, 0.3) is 0 Å². The summed E-state index contributed by atoms with van der Waals surface area (Å²) in [5, 5.41) is 17.2. The molecule has 1 heterocycles. The van der Waals surface area contributed by atoms with Gasteiger partial charge in [0.15, 0.2) is 0 Å². The van der Waals surface area contributed by atoms with Crippen molar-refractivity contribution >= 4 is 0 Å². The first-order valence-electron chi connectivity index (χ1n) is 2.32. The zero-order valence-corrected chi connectivity index (χ0v) is 4.48. The van der Waals surface area contributed by atoms with Crippen LogP contribution in [0.15, 0.2) is 23.0 Å². The standard InChI is InChI=1S/C5H5NO3/c7-4-2-1-3-5(8)6(4)9/h1-3,7,9H. The average molecular weight is 127 g/mol. The maximum atomic E-state index is 10.4. The first-order chi connectivity index (χ1) is 4.22. The van der Waals surface area contributed by atoms with E-state index in [-0.39, 0.29) is 4.73 Å². The molecule has 1 aromatic heterocycles. The Labute approximate surface area is 50.6 Å². The molecule has 0 aliphatic rings. The first-order valence-corrected chi connectivity index (χ1v) is 2.32. The third-order valence-electron chi connectivity index (χ3n) is 0.910. The summed E-state index contributed by atoms with van der Waals surface area (Å²) in [7, 11) is 0. The summed E-state index contributed by atoms with van der Waals surface area (Å²) in [6.07, 6.45) is 0. The Morgan fingerprint density at radius 2 is 2.11 bits per heavy atom. The zero-order valence-electron chi connectivity index (χ0n) is 4.48. The van der Waals surface area contributed by atoms with E-state index in [1.54, 1.807) is 0 Å². The summed E-state index contributed by atoms with van der Waals surface area (Å²) in [6.45, 7) is 0. The Balaban J connectivity index is 3.43. The molecule has 0 fully saturated rings. The van der Waals surface area contributed by atoms with E-state index in [9.17, 15) is 4.79 Å². The summed E-state index contributed by atoms with van der Waals surface area (Å²) < 4.78 is 0.167. The van der Waals surface area contributed by atoms with Crippen LogP contribution in [-0.2, 0) is 0 Å². The quantitative estimate of drug-likeness (QED) is 0.474. The van der Waals surface area contributed by atoms with E-state index in [4.69, 9.17) is 10.3 Å². The van der Waals surface area contributed by atoms with Gasteiger partial charge in [0.25, 0.3) is 5.56 Å². The lowest BCUT2D eigenvalue weighted by atomic mass is 10.5. The topological polar surface area (TPSA) is 62.5 Å². The Hall–Kier alpha value is -1.45. The molecule has 48 valence electrons. The molecular formula is C5H5NO3. The molecule has 0 aliphatic heterocycles. The van der Waals surface area contributed by atoms with E-state index in [0.717, 1.165) is 6.07 Å². The van der Waals surface area contributed by atoms with Crippen molar-refractivity contribution in [3.63, 3.8) is 0 Å². The van der Waals surface area contributed by atoms with Crippen molar-refractivity contribution in [3.8, 4) is 5.88 Å². The molecule has 0 amide bonds. The molecule has 0 aromatic carbocycles. The van der Waals surface area contributed by atoms with Gasteiger partial charge in [-0.25, -0.2) is 0 Å². The number of nitrogens with zero attached hydrogens (tertiary/aromatic N) is 1. The minimum atomic E-state index is -0.644. The van der Waals surface area contributed by atoms with Gasteiger partial charge >= 0.3 is 0 Å². The minimum absolute atomic E-state index is 0.167. The molecule has 1 aromatic rings. The molecule has 0 bridgehead atoms. The summed E-state index contributed by atoms with van der Waals surface area (Å²) in [6, 6.07) is 3.70. The van der Waals surface area contributed by atoms with E-state index in [1.165, 1.54) is 12.1 Å². The molecule has 1 rings (SSSR count). The Kier molecular flexibility index (Phi) is 1.14. The second-order valence-corrected chi connectivity index (χ2v) is 1.53. The second kappa shape index (κ2) is 1.81. The van der Waals surface area contributed by atoms with Crippen LogP contribution in [0, 0.1) is 0 Å². The predicted molar refractivity (Wildman–Crippen MR) is 29.6 cm³/mol. The molecule has 0 radical (unpaired) electrons. The van der Waals surface area contributed by atoms with Crippen LogP contribution < -0.4 is 5.56 Å². The SMILES string of the molecule is O=c1cccc(O)n1O. The molecule has 2 N–H and O–H groups in total. The third kappa shape index (κ3) is 0.861. The monoisotopic (exact) mass is 127 g/mol. The molecule has 0 saturated heterocycles.